The molecule has 0 radical (unpaired) electrons. The lowest BCUT2D eigenvalue weighted by Crippen LogP contribution is -2.29. The number of ether oxygens (including phenoxy) is 2. The summed E-state index contributed by atoms with van der Waals surface area (Å²) in [4.78, 5) is 21.8. The van der Waals surface area contributed by atoms with Crippen LogP contribution in [0.4, 0.5) is 10.5 Å². The number of non-ortho nitro benzene ring substituents is 1. The Morgan fingerprint density at radius 1 is 1.31 bits per heavy atom. The monoisotopic (exact) mass is 361 g/mol. The average molecular weight is 361 g/mol. The van der Waals surface area contributed by atoms with E-state index in [0.717, 1.165) is 0 Å². The van der Waals surface area contributed by atoms with E-state index in [4.69, 9.17) is 13.9 Å². The number of methoxy groups -OCH3 is 1. The van der Waals surface area contributed by atoms with Gasteiger partial charge in [0, 0.05) is 6.07 Å². The molecule has 1 heterocycles. The lowest BCUT2D eigenvalue weighted by molar-refractivity contribution is -0.384. The topological polar surface area (TPSA) is 116 Å². The third-order valence-electron chi connectivity index (χ3n) is 3.03. The highest BCUT2D eigenvalue weighted by Crippen LogP contribution is 2.33. The molecule has 0 atom stereocenters. The predicted molar refractivity (Wildman–Crippen MR) is 94.3 cm³/mol. The van der Waals surface area contributed by atoms with Crippen LogP contribution in [-0.2, 0) is 4.74 Å². The number of benzene rings is 1. The van der Waals surface area contributed by atoms with E-state index < -0.39 is 16.6 Å². The third-order valence-corrected chi connectivity index (χ3v) is 3.03. The number of nitrogens with one attached hydrogen (secondary N) is 1. The van der Waals surface area contributed by atoms with E-state index in [2.05, 4.69) is 10.5 Å². The Morgan fingerprint density at radius 2 is 2.04 bits per heavy atom. The summed E-state index contributed by atoms with van der Waals surface area (Å²) in [6.07, 6.45) is 0.628. The fourth-order valence-electron chi connectivity index (χ4n) is 2.01. The molecule has 1 aromatic carbocycles. The van der Waals surface area contributed by atoms with E-state index in [1.807, 2.05) is 0 Å². The van der Waals surface area contributed by atoms with Crippen molar-refractivity contribution in [1.82, 2.24) is 5.43 Å². The first-order valence-electron chi connectivity index (χ1n) is 7.64. The summed E-state index contributed by atoms with van der Waals surface area (Å²) in [5.41, 5.74) is 2.08. The van der Waals surface area contributed by atoms with Crippen molar-refractivity contribution in [2.45, 2.75) is 26.4 Å². The second kappa shape index (κ2) is 7.68. The molecule has 9 nitrogen and oxygen atoms in total. The van der Waals surface area contributed by atoms with Crippen molar-refractivity contribution >= 4 is 18.0 Å². The molecule has 0 saturated carbocycles. The summed E-state index contributed by atoms with van der Waals surface area (Å²) in [6, 6.07) is 7.51. The van der Waals surface area contributed by atoms with Gasteiger partial charge in [-0.2, -0.15) is 5.10 Å². The molecule has 0 fully saturated rings. The van der Waals surface area contributed by atoms with E-state index in [0.29, 0.717) is 22.8 Å². The van der Waals surface area contributed by atoms with Gasteiger partial charge in [0.05, 0.1) is 29.9 Å². The van der Waals surface area contributed by atoms with Gasteiger partial charge in [-0.1, -0.05) is 0 Å². The van der Waals surface area contributed by atoms with Crippen LogP contribution in [0.3, 0.4) is 0 Å². The van der Waals surface area contributed by atoms with Gasteiger partial charge in [-0.3, -0.25) is 10.1 Å². The Balaban J connectivity index is 2.11. The Hall–Kier alpha value is -3.36. The van der Waals surface area contributed by atoms with Gasteiger partial charge in [-0.15, -0.1) is 0 Å². The first-order chi connectivity index (χ1) is 12.2. The number of carbonyl (C=O) groups excluding carboxylic acids is 1. The summed E-state index contributed by atoms with van der Waals surface area (Å²) in [7, 11) is 1.42. The minimum atomic E-state index is -0.683. The van der Waals surface area contributed by atoms with Crippen LogP contribution in [0, 0.1) is 10.1 Å². The van der Waals surface area contributed by atoms with E-state index in [1.54, 1.807) is 32.9 Å². The zero-order valence-corrected chi connectivity index (χ0v) is 14.8. The number of hydrogen-bond donors (Lipinski definition) is 1. The third kappa shape index (κ3) is 5.07. The van der Waals surface area contributed by atoms with Crippen LogP contribution < -0.4 is 10.2 Å². The van der Waals surface area contributed by atoms with E-state index in [9.17, 15) is 14.9 Å². The van der Waals surface area contributed by atoms with Crippen LogP contribution >= 0.6 is 0 Å². The Bertz CT molecular complexity index is 835. The molecular formula is C17H19N3O6. The highest BCUT2D eigenvalue weighted by molar-refractivity contribution is 5.79. The number of rotatable bonds is 5. The van der Waals surface area contributed by atoms with Gasteiger partial charge in [0.25, 0.3) is 5.69 Å². The number of amides is 1. The Labute approximate surface area is 149 Å². The van der Waals surface area contributed by atoms with Crippen molar-refractivity contribution in [2.24, 2.45) is 5.10 Å². The highest BCUT2D eigenvalue weighted by Gasteiger charge is 2.16. The van der Waals surface area contributed by atoms with Crippen molar-refractivity contribution in [3.63, 3.8) is 0 Å². The minimum Gasteiger partial charge on any atom is -0.496 e. The maximum atomic E-state index is 11.5. The fraction of sp³-hybridized carbons (Fsp3) is 0.294. The molecular weight excluding hydrogens is 342 g/mol. The minimum absolute atomic E-state index is 0.0829. The molecule has 0 aliphatic heterocycles. The van der Waals surface area contributed by atoms with Crippen molar-refractivity contribution in [2.75, 3.05) is 7.11 Å². The maximum Gasteiger partial charge on any atom is 0.428 e. The van der Waals surface area contributed by atoms with Gasteiger partial charge in [0.2, 0.25) is 0 Å². The fourth-order valence-corrected chi connectivity index (χ4v) is 2.01. The Morgan fingerprint density at radius 3 is 2.65 bits per heavy atom. The molecule has 138 valence electrons. The van der Waals surface area contributed by atoms with Crippen LogP contribution in [0.2, 0.25) is 0 Å². The second-order valence-electron chi connectivity index (χ2n) is 6.22. The largest absolute Gasteiger partial charge is 0.496 e. The molecule has 0 saturated heterocycles. The van der Waals surface area contributed by atoms with Gasteiger partial charge < -0.3 is 13.9 Å². The van der Waals surface area contributed by atoms with E-state index in [-0.39, 0.29) is 5.69 Å². The van der Waals surface area contributed by atoms with E-state index >= 15 is 0 Å². The molecule has 2 aromatic rings. The van der Waals surface area contributed by atoms with Gasteiger partial charge >= 0.3 is 6.09 Å². The molecule has 1 N–H and O–H groups in total. The van der Waals surface area contributed by atoms with Crippen LogP contribution in [0.1, 0.15) is 26.5 Å². The van der Waals surface area contributed by atoms with Crippen LogP contribution in [0.25, 0.3) is 11.3 Å². The summed E-state index contributed by atoms with van der Waals surface area (Å²) >= 11 is 0. The normalized spacial score (nSPS) is 11.4. The van der Waals surface area contributed by atoms with Crippen LogP contribution in [-0.4, -0.2) is 29.9 Å². The number of nitro groups is 1. The molecule has 0 spiro atoms. The van der Waals surface area contributed by atoms with Crippen molar-refractivity contribution in [1.29, 1.82) is 0 Å². The predicted octanol–water partition coefficient (Wildman–Crippen LogP) is 3.72. The molecule has 0 aliphatic carbocycles. The van der Waals surface area contributed by atoms with Crippen molar-refractivity contribution < 1.29 is 23.6 Å². The molecule has 1 aromatic heterocycles. The lowest BCUT2D eigenvalue weighted by Gasteiger charge is -2.18. The first kappa shape index (κ1) is 19.0. The van der Waals surface area contributed by atoms with Crippen molar-refractivity contribution in [3.8, 4) is 17.1 Å². The summed E-state index contributed by atoms with van der Waals surface area (Å²) in [6.45, 7) is 5.23. The highest BCUT2D eigenvalue weighted by atomic mass is 16.6. The summed E-state index contributed by atoms with van der Waals surface area (Å²) in [5.74, 6) is 1.12. The first-order valence-corrected chi connectivity index (χ1v) is 7.64. The summed E-state index contributed by atoms with van der Waals surface area (Å²) in [5, 5.41) is 14.6. The average Bonchev–Trinajstić information content (AvgIpc) is 3.01. The van der Waals surface area contributed by atoms with Gasteiger partial charge in [0.15, 0.2) is 0 Å². The maximum absolute atomic E-state index is 11.5. The SMILES string of the molecule is COc1cc([N+](=O)[O-])ccc1-c1ccc(/C=N\NC(=O)OC(C)(C)C)o1. The smallest absolute Gasteiger partial charge is 0.428 e. The van der Waals surface area contributed by atoms with Gasteiger partial charge in [-0.05, 0) is 39.0 Å². The number of carbonyl (C=O) groups is 1. The number of nitrogens with zero attached hydrogens (tertiary/aromatic N) is 2. The molecule has 0 aliphatic rings. The van der Waals surface area contributed by atoms with E-state index in [1.165, 1.54) is 31.5 Å². The second-order valence-corrected chi connectivity index (χ2v) is 6.22. The number of nitro benzene ring substituents is 1. The standard InChI is InChI=1S/C17H19N3O6/c1-17(2,3)26-16(21)19-18-10-12-6-8-14(25-12)13-7-5-11(20(22)23)9-15(13)24-4/h5-10H,1-4H3,(H,19,21)/b18-10-. The number of hydrazone groups is 1. The zero-order valence-electron chi connectivity index (χ0n) is 14.8. The lowest BCUT2D eigenvalue weighted by atomic mass is 10.1. The Kier molecular flexibility index (Phi) is 5.61. The number of furan rings is 1. The molecule has 26 heavy (non-hydrogen) atoms. The van der Waals surface area contributed by atoms with Crippen LogP contribution in [0.15, 0.2) is 39.9 Å². The van der Waals surface area contributed by atoms with Crippen molar-refractivity contribution in [3.05, 3.63) is 46.2 Å². The quantitative estimate of drug-likeness (QED) is 0.493. The molecule has 1 amide bonds. The summed E-state index contributed by atoms with van der Waals surface area (Å²) < 4.78 is 15.8. The molecule has 9 heteroatoms. The van der Waals surface area contributed by atoms with Crippen LogP contribution in [0.5, 0.6) is 5.75 Å². The molecule has 2 rings (SSSR count). The number of hydrogen-bond acceptors (Lipinski definition) is 7. The zero-order chi connectivity index (χ0) is 19.3. The van der Waals surface area contributed by atoms with Gasteiger partial charge in [-0.25, -0.2) is 10.2 Å². The van der Waals surface area contributed by atoms with Gasteiger partial charge in [0.1, 0.15) is 22.9 Å². The molecule has 0 bridgehead atoms. The molecule has 0 unspecified atom stereocenters.